The molecule has 1 aromatic rings. The van der Waals surface area contributed by atoms with Crippen LogP contribution in [0.25, 0.3) is 11.1 Å². The van der Waals surface area contributed by atoms with Crippen LogP contribution >= 0.6 is 0 Å². The minimum absolute atomic E-state index is 1.07. The zero-order valence-corrected chi connectivity index (χ0v) is 14.2. The Balaban J connectivity index is 3.20. The highest BCUT2D eigenvalue weighted by molar-refractivity contribution is 5.80. The minimum Gasteiger partial charge on any atom is -0.392 e. The molecule has 0 unspecified atom stereocenters. The summed E-state index contributed by atoms with van der Waals surface area (Å²) in [7, 11) is 1.92. The number of hydrogen-bond acceptors (Lipinski definition) is 1. The van der Waals surface area contributed by atoms with E-state index in [9.17, 15) is 0 Å². The zero-order valence-electron chi connectivity index (χ0n) is 14.2. The molecule has 1 rings (SSSR count). The molecule has 0 aliphatic heterocycles. The Hall–Kier alpha value is -2.02. The molecule has 1 heteroatoms. The quantitative estimate of drug-likeness (QED) is 0.711. The van der Waals surface area contributed by atoms with E-state index in [1.165, 1.54) is 27.8 Å². The number of allylic oxidation sites excluding steroid dienone is 6. The van der Waals surface area contributed by atoms with Gasteiger partial charge in [-0.25, -0.2) is 0 Å². The third-order valence-electron chi connectivity index (χ3n) is 3.81. The Morgan fingerprint density at radius 3 is 2.00 bits per heavy atom. The summed E-state index contributed by atoms with van der Waals surface area (Å²) in [5, 5.41) is 3.12. The van der Waals surface area contributed by atoms with Gasteiger partial charge in [0.05, 0.1) is 0 Å². The lowest BCUT2D eigenvalue weighted by atomic mass is 9.90. The van der Waals surface area contributed by atoms with Crippen molar-refractivity contribution < 1.29 is 0 Å². The van der Waals surface area contributed by atoms with Crippen LogP contribution in [-0.4, -0.2) is 7.05 Å². The van der Waals surface area contributed by atoms with E-state index >= 15 is 0 Å². The van der Waals surface area contributed by atoms with Gasteiger partial charge in [-0.05, 0) is 74.1 Å². The van der Waals surface area contributed by atoms with Gasteiger partial charge in [-0.15, -0.1) is 0 Å². The van der Waals surface area contributed by atoms with E-state index in [-0.39, 0.29) is 0 Å². The topological polar surface area (TPSA) is 12.0 Å². The molecular weight excluding hydrogens is 254 g/mol. The summed E-state index contributed by atoms with van der Waals surface area (Å²) < 4.78 is 0. The Labute approximate surface area is 129 Å². The number of nitrogens with one attached hydrogen (secondary N) is 1. The fraction of sp³-hybridized carbons (Fsp3) is 0.300. The predicted molar refractivity (Wildman–Crippen MR) is 96.2 cm³/mol. The van der Waals surface area contributed by atoms with Crippen molar-refractivity contribution in [1.29, 1.82) is 0 Å². The van der Waals surface area contributed by atoms with Gasteiger partial charge in [0.25, 0.3) is 0 Å². The highest BCUT2D eigenvalue weighted by Crippen LogP contribution is 2.29. The molecule has 21 heavy (non-hydrogen) atoms. The molecule has 112 valence electrons. The van der Waals surface area contributed by atoms with E-state index < -0.39 is 0 Å². The maximum Gasteiger partial charge on any atom is 0.00725 e. The molecule has 1 aromatic carbocycles. The highest BCUT2D eigenvalue weighted by Gasteiger charge is 2.09. The summed E-state index contributed by atoms with van der Waals surface area (Å²) in [6.45, 7) is 18.8. The normalized spacial score (nSPS) is 12.3. The molecule has 0 fully saturated rings. The monoisotopic (exact) mass is 281 g/mol. The number of benzene rings is 1. The Morgan fingerprint density at radius 1 is 0.952 bits per heavy atom. The molecule has 0 amide bonds. The van der Waals surface area contributed by atoms with Crippen LogP contribution in [0.15, 0.2) is 48.7 Å². The molecule has 0 aromatic heterocycles. The molecule has 0 saturated heterocycles. The molecule has 0 atom stereocenters. The third-order valence-corrected chi connectivity index (χ3v) is 3.81. The van der Waals surface area contributed by atoms with Gasteiger partial charge >= 0.3 is 0 Å². The maximum atomic E-state index is 4.26. The Morgan fingerprint density at radius 2 is 1.48 bits per heavy atom. The van der Waals surface area contributed by atoms with Crippen LogP contribution in [0.1, 0.15) is 43.0 Å². The van der Waals surface area contributed by atoms with Crippen LogP contribution in [-0.2, 0) is 0 Å². The molecule has 0 aliphatic rings. The Kier molecular flexibility index (Phi) is 5.78. The highest BCUT2D eigenvalue weighted by atomic mass is 14.8. The summed E-state index contributed by atoms with van der Waals surface area (Å²) in [6.07, 6.45) is 4.18. The number of aryl methyl sites for hydroxylation is 2. The number of rotatable bonds is 5. The van der Waals surface area contributed by atoms with Gasteiger partial charge in [-0.3, -0.25) is 0 Å². The lowest BCUT2D eigenvalue weighted by Crippen LogP contribution is -2.00. The van der Waals surface area contributed by atoms with E-state index in [4.69, 9.17) is 0 Å². The summed E-state index contributed by atoms with van der Waals surface area (Å²) in [6, 6.07) is 4.42. The first kappa shape index (κ1) is 17.0. The second-order valence-electron chi connectivity index (χ2n) is 5.69. The second kappa shape index (κ2) is 7.12. The molecule has 0 saturated carbocycles. The van der Waals surface area contributed by atoms with Crippen molar-refractivity contribution in [2.45, 2.75) is 34.6 Å². The van der Waals surface area contributed by atoms with Gasteiger partial charge in [0, 0.05) is 12.7 Å². The van der Waals surface area contributed by atoms with Gasteiger partial charge in [-0.2, -0.15) is 0 Å². The molecule has 0 heterocycles. The second-order valence-corrected chi connectivity index (χ2v) is 5.69. The SMILES string of the molecule is C=C(C)c1cc(C)c(C(=C)/C(C)=C\C=C(/C)NC)cc1C. The first-order valence-corrected chi connectivity index (χ1v) is 7.27. The molecule has 0 bridgehead atoms. The van der Waals surface area contributed by atoms with Crippen LogP contribution in [0.3, 0.4) is 0 Å². The predicted octanol–water partition coefficient (Wildman–Crippen LogP) is 5.42. The van der Waals surface area contributed by atoms with E-state index in [0.29, 0.717) is 0 Å². The average Bonchev–Trinajstić information content (AvgIpc) is 2.45. The standard InChI is InChI=1S/C20H27N/c1-13(2)19-11-16(5)20(12-15(19)4)18(7)14(3)9-10-17(6)21-8/h9-12,21H,1,7H2,2-6,8H3/b14-9-,17-10+. The van der Waals surface area contributed by atoms with Crippen LogP contribution in [0, 0.1) is 13.8 Å². The minimum atomic E-state index is 1.07. The van der Waals surface area contributed by atoms with Crippen molar-refractivity contribution in [3.63, 3.8) is 0 Å². The maximum absolute atomic E-state index is 4.26. The van der Waals surface area contributed by atoms with Crippen LogP contribution < -0.4 is 5.32 Å². The summed E-state index contributed by atoms with van der Waals surface area (Å²) in [4.78, 5) is 0. The van der Waals surface area contributed by atoms with Crippen LogP contribution in [0.4, 0.5) is 0 Å². The molecule has 0 radical (unpaired) electrons. The van der Waals surface area contributed by atoms with E-state index in [1.807, 2.05) is 20.9 Å². The van der Waals surface area contributed by atoms with Crippen molar-refractivity contribution in [3.05, 3.63) is 71.0 Å². The Bertz CT molecular complexity index is 627. The first-order valence-electron chi connectivity index (χ1n) is 7.27. The lowest BCUT2D eigenvalue weighted by Gasteiger charge is -2.14. The van der Waals surface area contributed by atoms with Crippen molar-refractivity contribution in [1.82, 2.24) is 5.32 Å². The van der Waals surface area contributed by atoms with Gasteiger partial charge in [-0.1, -0.05) is 36.9 Å². The summed E-state index contributed by atoms with van der Waals surface area (Å²) in [5.41, 5.74) is 9.42. The fourth-order valence-corrected chi connectivity index (χ4v) is 2.25. The number of hydrogen-bond donors (Lipinski definition) is 1. The molecular formula is C20H27N. The fourth-order valence-electron chi connectivity index (χ4n) is 2.25. The van der Waals surface area contributed by atoms with Gasteiger partial charge in [0.1, 0.15) is 0 Å². The molecule has 1 nitrogen and oxygen atoms in total. The largest absolute Gasteiger partial charge is 0.392 e. The average molecular weight is 281 g/mol. The molecule has 1 N–H and O–H groups in total. The smallest absolute Gasteiger partial charge is 0.00725 e. The first-order chi connectivity index (χ1) is 9.77. The molecule has 0 spiro atoms. The van der Waals surface area contributed by atoms with Crippen molar-refractivity contribution in [3.8, 4) is 0 Å². The molecule has 0 aliphatic carbocycles. The van der Waals surface area contributed by atoms with Gasteiger partial charge in [0.15, 0.2) is 0 Å². The van der Waals surface area contributed by atoms with Crippen molar-refractivity contribution in [2.24, 2.45) is 0 Å². The van der Waals surface area contributed by atoms with E-state index in [0.717, 1.165) is 16.8 Å². The van der Waals surface area contributed by atoms with Crippen LogP contribution in [0.2, 0.25) is 0 Å². The van der Waals surface area contributed by atoms with E-state index in [1.54, 1.807) is 0 Å². The van der Waals surface area contributed by atoms with Crippen molar-refractivity contribution >= 4 is 11.1 Å². The lowest BCUT2D eigenvalue weighted by molar-refractivity contribution is 0.990. The summed E-state index contributed by atoms with van der Waals surface area (Å²) in [5.74, 6) is 0. The zero-order chi connectivity index (χ0) is 16.2. The third kappa shape index (κ3) is 4.22. The summed E-state index contributed by atoms with van der Waals surface area (Å²) >= 11 is 0. The van der Waals surface area contributed by atoms with Crippen LogP contribution in [0.5, 0.6) is 0 Å². The van der Waals surface area contributed by atoms with Gasteiger partial charge < -0.3 is 5.32 Å². The van der Waals surface area contributed by atoms with E-state index in [2.05, 4.69) is 63.5 Å². The van der Waals surface area contributed by atoms with Gasteiger partial charge in [0.2, 0.25) is 0 Å². The van der Waals surface area contributed by atoms with Crippen molar-refractivity contribution in [2.75, 3.05) is 7.05 Å².